The second-order valence-corrected chi connectivity index (χ2v) is 5.28. The summed E-state index contributed by atoms with van der Waals surface area (Å²) in [5, 5.41) is 12.3. The van der Waals surface area contributed by atoms with E-state index in [1.54, 1.807) is 30.3 Å². The molecule has 2 aromatic heterocycles. The highest BCUT2D eigenvalue weighted by molar-refractivity contribution is 6.03. The quantitative estimate of drug-likeness (QED) is 0.242. The van der Waals surface area contributed by atoms with Gasteiger partial charge in [0, 0.05) is 28.5 Å². The van der Waals surface area contributed by atoms with E-state index in [2.05, 4.69) is 4.98 Å². The Kier molecular flexibility index (Phi) is 3.09. The summed E-state index contributed by atoms with van der Waals surface area (Å²) in [6.07, 6.45) is 0. The van der Waals surface area contributed by atoms with Gasteiger partial charge in [0.25, 0.3) is 5.69 Å². The van der Waals surface area contributed by atoms with Crippen molar-refractivity contribution >= 4 is 27.6 Å². The average Bonchev–Trinajstić information content (AvgIpc) is 2.62. The summed E-state index contributed by atoms with van der Waals surface area (Å²) in [6.45, 7) is 0. The number of non-ortho nitro benzene ring substituents is 1. The van der Waals surface area contributed by atoms with Crippen LogP contribution in [0.2, 0.25) is 0 Å². The largest absolute Gasteiger partial charge is 0.421 e. The van der Waals surface area contributed by atoms with Crippen LogP contribution >= 0.6 is 0 Å². The number of para-hydroxylation sites is 1. The van der Waals surface area contributed by atoms with Crippen LogP contribution in [0.3, 0.4) is 0 Å². The van der Waals surface area contributed by atoms with Crippen molar-refractivity contribution in [3.05, 3.63) is 81.2 Å². The lowest BCUT2D eigenvalue weighted by Gasteiger charge is -2.05. The molecule has 0 N–H and O–H groups in total. The van der Waals surface area contributed by atoms with Gasteiger partial charge in [-0.05, 0) is 30.3 Å². The van der Waals surface area contributed by atoms with Gasteiger partial charge in [0.2, 0.25) is 0 Å². The van der Waals surface area contributed by atoms with E-state index in [9.17, 15) is 14.9 Å². The third kappa shape index (κ3) is 2.21. The Morgan fingerprint density at radius 3 is 2.42 bits per heavy atom. The second-order valence-electron chi connectivity index (χ2n) is 5.28. The van der Waals surface area contributed by atoms with Crippen LogP contribution in [-0.2, 0) is 0 Å². The summed E-state index contributed by atoms with van der Waals surface area (Å²) in [7, 11) is 0. The van der Waals surface area contributed by atoms with E-state index >= 15 is 0 Å². The van der Waals surface area contributed by atoms with Gasteiger partial charge in [-0.2, -0.15) is 0 Å². The number of benzene rings is 2. The lowest BCUT2D eigenvalue weighted by Crippen LogP contribution is -2.03. The maximum atomic E-state index is 12.2. The first-order valence-electron chi connectivity index (χ1n) is 7.21. The molecular weight excluding hydrogens is 308 g/mol. The molecule has 6 heteroatoms. The molecule has 0 bridgehead atoms. The van der Waals surface area contributed by atoms with E-state index in [1.807, 2.05) is 18.2 Å². The van der Waals surface area contributed by atoms with Crippen LogP contribution in [0.5, 0.6) is 0 Å². The predicted octanol–water partition coefficient (Wildman–Crippen LogP) is 3.92. The maximum Gasteiger partial charge on any atom is 0.363 e. The van der Waals surface area contributed by atoms with E-state index in [0.717, 1.165) is 5.39 Å². The fourth-order valence-electron chi connectivity index (χ4n) is 2.67. The number of fused-ring (bicyclic) bond motifs is 3. The molecule has 0 unspecified atom stereocenters. The van der Waals surface area contributed by atoms with Crippen molar-refractivity contribution in [3.8, 4) is 11.3 Å². The molecule has 0 aliphatic rings. The van der Waals surface area contributed by atoms with Crippen molar-refractivity contribution < 1.29 is 9.34 Å². The monoisotopic (exact) mass is 318 g/mol. The topological polar surface area (TPSA) is 86.2 Å². The van der Waals surface area contributed by atoms with Gasteiger partial charge < -0.3 is 4.42 Å². The highest BCUT2D eigenvalue weighted by Gasteiger charge is 2.11. The number of nitrogens with zero attached hydrogens (tertiary/aromatic N) is 2. The second kappa shape index (κ2) is 5.27. The van der Waals surface area contributed by atoms with Crippen LogP contribution < -0.4 is 5.63 Å². The molecule has 4 aromatic rings. The van der Waals surface area contributed by atoms with Crippen molar-refractivity contribution in [1.82, 2.24) is 4.98 Å². The first-order chi connectivity index (χ1) is 11.6. The number of nitro benzene ring substituents is 1. The zero-order valence-corrected chi connectivity index (χ0v) is 12.3. The Morgan fingerprint density at radius 1 is 0.917 bits per heavy atom. The first-order valence-corrected chi connectivity index (χ1v) is 7.21. The molecule has 0 atom stereocenters. The number of rotatable bonds is 2. The fraction of sp³-hybridized carbons (Fsp3) is 0. The van der Waals surface area contributed by atoms with E-state index in [-0.39, 0.29) is 11.2 Å². The average molecular weight is 318 g/mol. The minimum absolute atomic E-state index is 0.00467. The Balaban J connectivity index is 1.92. The molecule has 0 fully saturated rings. The molecule has 4 rings (SSSR count). The predicted molar refractivity (Wildman–Crippen MR) is 89.9 cm³/mol. The minimum Gasteiger partial charge on any atom is -0.421 e. The SMILES string of the molecule is O=c1oc2ccccc2c2ccc(-c3ccc([N+](=O)[O-])cc3)nc12. The zero-order valence-electron chi connectivity index (χ0n) is 12.3. The molecule has 2 aromatic carbocycles. The fourth-order valence-corrected chi connectivity index (χ4v) is 2.67. The standard InChI is InChI=1S/C18H10N2O4/c21-18-17-14(13-3-1-2-4-16(13)24-18)9-10-15(19-17)11-5-7-12(8-6-11)20(22)23/h1-10H. The molecule has 0 amide bonds. The van der Waals surface area contributed by atoms with E-state index in [1.165, 1.54) is 12.1 Å². The van der Waals surface area contributed by atoms with Crippen molar-refractivity contribution in [2.24, 2.45) is 0 Å². The van der Waals surface area contributed by atoms with Gasteiger partial charge in [-0.1, -0.05) is 18.2 Å². The summed E-state index contributed by atoms with van der Waals surface area (Å²) in [6, 6.07) is 16.9. The highest BCUT2D eigenvalue weighted by Crippen LogP contribution is 2.26. The number of pyridine rings is 1. The van der Waals surface area contributed by atoms with Crippen molar-refractivity contribution in [2.45, 2.75) is 0 Å². The van der Waals surface area contributed by atoms with Gasteiger partial charge in [-0.3, -0.25) is 10.1 Å². The molecule has 0 saturated heterocycles. The van der Waals surface area contributed by atoms with Crippen LogP contribution in [0.1, 0.15) is 0 Å². The normalized spacial score (nSPS) is 11.0. The van der Waals surface area contributed by atoms with Crippen LogP contribution in [-0.4, -0.2) is 9.91 Å². The summed E-state index contributed by atoms with van der Waals surface area (Å²) in [4.78, 5) is 26.9. The molecule has 0 aliphatic carbocycles. The van der Waals surface area contributed by atoms with Crippen LogP contribution in [0.25, 0.3) is 33.1 Å². The van der Waals surface area contributed by atoms with Crippen molar-refractivity contribution in [3.63, 3.8) is 0 Å². The van der Waals surface area contributed by atoms with Gasteiger partial charge in [0.15, 0.2) is 5.52 Å². The van der Waals surface area contributed by atoms with E-state index in [4.69, 9.17) is 4.42 Å². The summed E-state index contributed by atoms with van der Waals surface area (Å²) in [5.41, 5.74) is 1.50. The lowest BCUT2D eigenvalue weighted by atomic mass is 10.1. The van der Waals surface area contributed by atoms with Crippen LogP contribution in [0, 0.1) is 10.1 Å². The summed E-state index contributed by atoms with van der Waals surface area (Å²) in [5.74, 6) is 0. The number of hydrogen-bond acceptors (Lipinski definition) is 5. The van der Waals surface area contributed by atoms with Gasteiger partial charge >= 0.3 is 5.63 Å². The van der Waals surface area contributed by atoms with Crippen LogP contribution in [0.15, 0.2) is 69.9 Å². The molecule has 116 valence electrons. The van der Waals surface area contributed by atoms with E-state index < -0.39 is 10.5 Å². The molecule has 24 heavy (non-hydrogen) atoms. The van der Waals surface area contributed by atoms with Crippen molar-refractivity contribution in [2.75, 3.05) is 0 Å². The summed E-state index contributed by atoms with van der Waals surface area (Å²) >= 11 is 0. The van der Waals surface area contributed by atoms with Crippen molar-refractivity contribution in [1.29, 1.82) is 0 Å². The maximum absolute atomic E-state index is 12.2. The number of nitro groups is 1. The summed E-state index contributed by atoms with van der Waals surface area (Å²) < 4.78 is 5.31. The molecule has 2 heterocycles. The Labute approximate surface area is 135 Å². The molecule has 0 aliphatic heterocycles. The minimum atomic E-state index is -0.507. The van der Waals surface area contributed by atoms with Gasteiger partial charge in [0.05, 0.1) is 10.6 Å². The van der Waals surface area contributed by atoms with Gasteiger partial charge in [-0.25, -0.2) is 9.78 Å². The first kappa shape index (κ1) is 14.1. The highest BCUT2D eigenvalue weighted by atomic mass is 16.6. The third-order valence-corrected chi connectivity index (χ3v) is 3.84. The molecular formula is C18H10N2O4. The van der Waals surface area contributed by atoms with Crippen LogP contribution in [0.4, 0.5) is 5.69 Å². The van der Waals surface area contributed by atoms with E-state index in [0.29, 0.717) is 22.2 Å². The number of hydrogen-bond donors (Lipinski definition) is 0. The lowest BCUT2D eigenvalue weighted by molar-refractivity contribution is -0.384. The molecule has 0 spiro atoms. The molecule has 6 nitrogen and oxygen atoms in total. The Morgan fingerprint density at radius 2 is 1.67 bits per heavy atom. The number of aromatic nitrogens is 1. The third-order valence-electron chi connectivity index (χ3n) is 3.84. The zero-order chi connectivity index (χ0) is 16.7. The molecule has 0 saturated carbocycles. The molecule has 0 radical (unpaired) electrons. The smallest absolute Gasteiger partial charge is 0.363 e. The Bertz CT molecular complexity index is 1150. The van der Waals surface area contributed by atoms with Gasteiger partial charge in [-0.15, -0.1) is 0 Å². The van der Waals surface area contributed by atoms with Gasteiger partial charge in [0.1, 0.15) is 5.58 Å². The Hall–Kier alpha value is -3.54.